The molecule has 1 saturated heterocycles. The number of nitrogens with one attached hydrogen (secondary N) is 1. The Balaban J connectivity index is 1.29. The molecule has 2 aromatic heterocycles. The second kappa shape index (κ2) is 6.01. The molecule has 2 aliphatic rings. The number of fused-ring (bicyclic) bond motifs is 5. The molecule has 144 valence electrons. The van der Waals surface area contributed by atoms with Crippen molar-refractivity contribution < 1.29 is 9.21 Å². The third kappa shape index (κ3) is 2.37. The van der Waals surface area contributed by atoms with Crippen LogP contribution < -0.4 is 5.32 Å². The van der Waals surface area contributed by atoms with Gasteiger partial charge in [0.1, 0.15) is 0 Å². The van der Waals surface area contributed by atoms with Crippen LogP contribution in [0.1, 0.15) is 29.1 Å². The van der Waals surface area contributed by atoms with Gasteiger partial charge >= 0.3 is 0 Å². The van der Waals surface area contributed by atoms with E-state index in [0.29, 0.717) is 18.8 Å². The van der Waals surface area contributed by atoms with Crippen LogP contribution in [0.25, 0.3) is 16.5 Å². The Bertz CT molecular complexity index is 1230. The minimum absolute atomic E-state index is 0.0207. The molecule has 2 aliphatic heterocycles. The van der Waals surface area contributed by atoms with Crippen LogP contribution in [0, 0.1) is 0 Å². The van der Waals surface area contributed by atoms with Crippen molar-refractivity contribution in [2.75, 3.05) is 18.4 Å². The third-order valence-electron chi connectivity index (χ3n) is 6.38. The van der Waals surface area contributed by atoms with E-state index < -0.39 is 0 Å². The smallest absolute Gasteiger partial charge is 0.290 e. The van der Waals surface area contributed by atoms with Crippen molar-refractivity contribution in [1.29, 1.82) is 0 Å². The van der Waals surface area contributed by atoms with Gasteiger partial charge in [-0.15, -0.1) is 0 Å². The van der Waals surface area contributed by atoms with Crippen LogP contribution in [0.5, 0.6) is 0 Å². The van der Waals surface area contributed by atoms with Crippen LogP contribution in [0.15, 0.2) is 77.5 Å². The second-order valence-corrected chi connectivity index (χ2v) is 7.93. The maximum Gasteiger partial charge on any atom is 0.290 e. The molecule has 0 bridgehead atoms. The first-order valence-corrected chi connectivity index (χ1v) is 10.1. The van der Waals surface area contributed by atoms with Crippen molar-refractivity contribution in [3.8, 4) is 5.69 Å². The molecular weight excluding hydrogens is 362 g/mol. The summed E-state index contributed by atoms with van der Waals surface area (Å²) in [6.45, 7) is 1.38. The normalized spacial score (nSPS) is 17.0. The standard InChI is InChI=1S/C24H21N3O2/c28-23(22-18-7-2-1-6-17(18)16-29-22)26-14-11-24(12-15-26)21-10-5-13-27(21)20-9-4-3-8-19(20)25-24/h1-10,13,16,25H,11-12,14-15H2. The summed E-state index contributed by atoms with van der Waals surface area (Å²) < 4.78 is 7.93. The van der Waals surface area contributed by atoms with E-state index >= 15 is 0 Å². The monoisotopic (exact) mass is 383 g/mol. The van der Waals surface area contributed by atoms with E-state index in [1.807, 2.05) is 29.2 Å². The van der Waals surface area contributed by atoms with Crippen molar-refractivity contribution in [3.63, 3.8) is 0 Å². The van der Waals surface area contributed by atoms with Gasteiger partial charge < -0.3 is 19.2 Å². The average molecular weight is 383 g/mol. The lowest BCUT2D eigenvalue weighted by Gasteiger charge is -2.46. The van der Waals surface area contributed by atoms with Crippen molar-refractivity contribution >= 4 is 22.4 Å². The first kappa shape index (κ1) is 16.5. The van der Waals surface area contributed by atoms with Gasteiger partial charge in [-0.1, -0.05) is 36.4 Å². The highest BCUT2D eigenvalue weighted by molar-refractivity contribution is 6.04. The second-order valence-electron chi connectivity index (χ2n) is 7.93. The lowest BCUT2D eigenvalue weighted by Crippen LogP contribution is -2.51. The van der Waals surface area contributed by atoms with E-state index in [4.69, 9.17) is 4.42 Å². The zero-order chi connectivity index (χ0) is 19.4. The minimum atomic E-state index is -0.153. The van der Waals surface area contributed by atoms with Crippen LogP contribution in [0.3, 0.4) is 0 Å². The number of carbonyl (C=O) groups is 1. The van der Waals surface area contributed by atoms with Gasteiger partial charge in [-0.3, -0.25) is 4.79 Å². The Morgan fingerprint density at radius 1 is 0.966 bits per heavy atom. The predicted molar refractivity (Wildman–Crippen MR) is 112 cm³/mol. The summed E-state index contributed by atoms with van der Waals surface area (Å²) in [5.41, 5.74) is 3.44. The number of benzene rings is 2. The number of hydrogen-bond donors (Lipinski definition) is 1. The lowest BCUT2D eigenvalue weighted by atomic mass is 9.82. The molecular formula is C24H21N3O2. The molecule has 0 unspecified atom stereocenters. The summed E-state index contributed by atoms with van der Waals surface area (Å²) >= 11 is 0. The summed E-state index contributed by atoms with van der Waals surface area (Å²) in [5, 5.41) is 5.65. The molecule has 1 fully saturated rings. The molecule has 4 heterocycles. The third-order valence-corrected chi connectivity index (χ3v) is 6.38. The average Bonchev–Trinajstić information content (AvgIpc) is 3.42. The fraction of sp³-hybridized carbons (Fsp3) is 0.208. The molecule has 5 heteroatoms. The maximum atomic E-state index is 13.1. The number of aromatic nitrogens is 1. The number of amides is 1. The molecule has 1 amide bonds. The Labute approximate surface area is 168 Å². The van der Waals surface area contributed by atoms with Gasteiger partial charge in [-0.2, -0.15) is 0 Å². The number of likely N-dealkylation sites (tertiary alicyclic amines) is 1. The van der Waals surface area contributed by atoms with Gasteiger partial charge in [0.05, 0.1) is 23.2 Å². The summed E-state index contributed by atoms with van der Waals surface area (Å²) in [7, 11) is 0. The van der Waals surface area contributed by atoms with Crippen LogP contribution in [0.2, 0.25) is 0 Å². The van der Waals surface area contributed by atoms with E-state index in [-0.39, 0.29) is 11.4 Å². The van der Waals surface area contributed by atoms with Gasteiger partial charge in [0.25, 0.3) is 5.91 Å². The quantitative estimate of drug-likeness (QED) is 0.515. The summed E-state index contributed by atoms with van der Waals surface area (Å²) in [6.07, 6.45) is 5.51. The highest BCUT2D eigenvalue weighted by Gasteiger charge is 2.42. The Morgan fingerprint density at radius 2 is 1.76 bits per heavy atom. The first-order valence-electron chi connectivity index (χ1n) is 10.1. The van der Waals surface area contributed by atoms with Gasteiger partial charge in [-0.05, 0) is 37.1 Å². The molecule has 0 atom stereocenters. The van der Waals surface area contributed by atoms with Crippen molar-refractivity contribution in [2.45, 2.75) is 18.4 Å². The van der Waals surface area contributed by atoms with E-state index in [1.54, 1.807) is 6.26 Å². The van der Waals surface area contributed by atoms with Crippen molar-refractivity contribution in [3.05, 3.63) is 84.6 Å². The number of hydrogen-bond acceptors (Lipinski definition) is 3. The van der Waals surface area contributed by atoms with E-state index in [9.17, 15) is 4.79 Å². The van der Waals surface area contributed by atoms with E-state index in [2.05, 4.69) is 52.5 Å². The van der Waals surface area contributed by atoms with Crippen molar-refractivity contribution in [2.24, 2.45) is 0 Å². The molecule has 0 saturated carbocycles. The molecule has 5 nitrogen and oxygen atoms in total. The first-order chi connectivity index (χ1) is 14.3. The Hall–Kier alpha value is -3.47. The zero-order valence-electron chi connectivity index (χ0n) is 16.0. The van der Waals surface area contributed by atoms with Gasteiger partial charge in [0.2, 0.25) is 0 Å². The van der Waals surface area contributed by atoms with Crippen LogP contribution in [-0.2, 0) is 5.54 Å². The number of furan rings is 1. The van der Waals surface area contributed by atoms with E-state index in [0.717, 1.165) is 29.3 Å². The summed E-state index contributed by atoms with van der Waals surface area (Å²) in [5.74, 6) is 0.425. The van der Waals surface area contributed by atoms with Crippen LogP contribution >= 0.6 is 0 Å². The number of rotatable bonds is 1. The highest BCUT2D eigenvalue weighted by atomic mass is 16.3. The van der Waals surface area contributed by atoms with E-state index in [1.165, 1.54) is 11.4 Å². The molecule has 29 heavy (non-hydrogen) atoms. The summed E-state index contributed by atoms with van der Waals surface area (Å²) in [6, 6.07) is 20.5. The molecule has 2 aromatic carbocycles. The maximum absolute atomic E-state index is 13.1. The molecule has 0 radical (unpaired) electrons. The van der Waals surface area contributed by atoms with Crippen molar-refractivity contribution in [1.82, 2.24) is 9.47 Å². The SMILES string of the molecule is O=C(c1occ2ccccc12)N1CCC2(CC1)Nc1ccccc1-n1cccc12. The van der Waals surface area contributed by atoms with Gasteiger partial charge in [-0.25, -0.2) is 0 Å². The highest BCUT2D eigenvalue weighted by Crippen LogP contribution is 2.43. The Morgan fingerprint density at radius 3 is 2.66 bits per heavy atom. The van der Waals surface area contributed by atoms with Gasteiger partial charge in [0, 0.05) is 35.8 Å². The number of piperidine rings is 1. The predicted octanol–water partition coefficient (Wildman–Crippen LogP) is 4.78. The van der Waals surface area contributed by atoms with Crippen LogP contribution in [0.4, 0.5) is 5.69 Å². The fourth-order valence-corrected chi connectivity index (χ4v) is 4.87. The lowest BCUT2D eigenvalue weighted by molar-refractivity contribution is 0.0647. The molecule has 1 N–H and O–H groups in total. The summed E-state index contributed by atoms with van der Waals surface area (Å²) in [4.78, 5) is 15.1. The number of carbonyl (C=O) groups excluding carboxylic acids is 1. The van der Waals surface area contributed by atoms with Crippen LogP contribution in [-0.4, -0.2) is 28.5 Å². The molecule has 6 rings (SSSR count). The van der Waals surface area contributed by atoms with Gasteiger partial charge in [0.15, 0.2) is 5.76 Å². The molecule has 4 aromatic rings. The molecule has 0 aliphatic carbocycles. The zero-order valence-corrected chi connectivity index (χ0v) is 16.0. The Kier molecular flexibility index (Phi) is 3.42. The molecule has 1 spiro atoms. The minimum Gasteiger partial charge on any atom is -0.458 e. The topological polar surface area (TPSA) is 50.4 Å². The largest absolute Gasteiger partial charge is 0.458 e. The number of para-hydroxylation sites is 2. The number of nitrogens with zero attached hydrogens (tertiary/aromatic N) is 2. The fourth-order valence-electron chi connectivity index (χ4n) is 4.87. The number of anilines is 1.